The Morgan fingerprint density at radius 1 is 1.80 bits per heavy atom. The summed E-state index contributed by atoms with van der Waals surface area (Å²) >= 11 is 7.26. The number of hydrogen-bond acceptors (Lipinski definition) is 2. The Balaban J connectivity index is 3.22. The van der Waals surface area contributed by atoms with E-state index in [-0.39, 0.29) is 0 Å². The molecule has 4 heteroatoms. The summed E-state index contributed by atoms with van der Waals surface area (Å²) in [5, 5.41) is 2.02. The van der Waals surface area contributed by atoms with Crippen molar-refractivity contribution in [3.63, 3.8) is 0 Å². The van der Waals surface area contributed by atoms with Gasteiger partial charge in [-0.2, -0.15) is 0 Å². The maximum atomic E-state index is 5.65. The van der Waals surface area contributed by atoms with Gasteiger partial charge in [-0.1, -0.05) is 0 Å². The van der Waals surface area contributed by atoms with Gasteiger partial charge < -0.3 is 4.57 Å². The van der Waals surface area contributed by atoms with E-state index >= 15 is 0 Å². The number of alkyl halides is 1. The van der Waals surface area contributed by atoms with Gasteiger partial charge in [-0.25, -0.2) is 0 Å². The van der Waals surface area contributed by atoms with Crippen LogP contribution < -0.4 is 4.80 Å². The van der Waals surface area contributed by atoms with Gasteiger partial charge >= 0.3 is 0 Å². The summed E-state index contributed by atoms with van der Waals surface area (Å²) in [5.74, 6) is 0.558. The lowest BCUT2D eigenvalue weighted by molar-refractivity contribution is 0.822. The molecule has 0 saturated heterocycles. The van der Waals surface area contributed by atoms with Crippen molar-refractivity contribution in [1.29, 1.82) is 0 Å². The average Bonchev–Trinajstić information content (AvgIpc) is 2.30. The van der Waals surface area contributed by atoms with E-state index in [4.69, 9.17) is 11.6 Å². The molecule has 0 aliphatic heterocycles. The van der Waals surface area contributed by atoms with Gasteiger partial charge in [-0.05, 0) is 0 Å². The van der Waals surface area contributed by atoms with Crippen LogP contribution in [-0.4, -0.2) is 11.6 Å². The van der Waals surface area contributed by atoms with Gasteiger partial charge in [0.1, 0.15) is 0 Å². The molecule has 0 radical (unpaired) electrons. The first kappa shape index (κ1) is 7.82. The molecule has 0 atom stereocenters. The maximum absolute atomic E-state index is 5.65. The predicted octanol–water partition coefficient (Wildman–Crippen LogP) is 1.36. The van der Waals surface area contributed by atoms with Gasteiger partial charge in [0, 0.05) is 25.2 Å². The fourth-order valence-electron chi connectivity index (χ4n) is 0.726. The minimum Gasteiger partial charge on any atom is -0.323 e. The predicted molar refractivity (Wildman–Crippen MR) is 44.3 cm³/mol. The molecule has 2 nitrogen and oxygen atoms in total. The molecule has 0 aliphatic carbocycles. The molecular formula is C6H9ClN2S. The minimum absolute atomic E-state index is 0.558. The number of aromatic nitrogens is 1. The Morgan fingerprint density at radius 2 is 2.50 bits per heavy atom. The van der Waals surface area contributed by atoms with E-state index in [1.54, 1.807) is 18.4 Å². The van der Waals surface area contributed by atoms with E-state index in [2.05, 4.69) is 4.99 Å². The van der Waals surface area contributed by atoms with Crippen molar-refractivity contribution in [3.8, 4) is 0 Å². The highest BCUT2D eigenvalue weighted by atomic mass is 35.5. The molecule has 0 aromatic carbocycles. The van der Waals surface area contributed by atoms with Crippen molar-refractivity contribution in [1.82, 2.24) is 4.57 Å². The summed E-state index contributed by atoms with van der Waals surface area (Å²) in [6.45, 7) is 0. The second kappa shape index (κ2) is 3.21. The van der Waals surface area contributed by atoms with Crippen molar-refractivity contribution in [2.24, 2.45) is 12.0 Å². The molecular weight excluding hydrogens is 168 g/mol. The molecule has 10 heavy (non-hydrogen) atoms. The third-order valence-corrected chi connectivity index (χ3v) is 2.68. The largest absolute Gasteiger partial charge is 0.323 e. The summed E-state index contributed by atoms with van der Waals surface area (Å²) < 4.78 is 2.00. The van der Waals surface area contributed by atoms with Crippen LogP contribution in [0.15, 0.2) is 10.4 Å². The first-order valence-corrected chi connectivity index (χ1v) is 4.33. The summed E-state index contributed by atoms with van der Waals surface area (Å²) in [4.78, 5) is 5.07. The zero-order valence-corrected chi connectivity index (χ0v) is 7.54. The molecule has 0 spiro atoms. The van der Waals surface area contributed by atoms with E-state index in [1.165, 1.54) is 0 Å². The van der Waals surface area contributed by atoms with Crippen LogP contribution in [0.1, 0.15) is 5.69 Å². The SMILES string of the molecule is CN=c1scc(CCl)n1C. The second-order valence-corrected chi connectivity index (χ2v) is 3.03. The van der Waals surface area contributed by atoms with Gasteiger partial charge in [-0.15, -0.1) is 22.9 Å². The second-order valence-electron chi connectivity index (χ2n) is 1.93. The molecule has 0 bridgehead atoms. The van der Waals surface area contributed by atoms with Crippen molar-refractivity contribution in [3.05, 3.63) is 15.9 Å². The maximum Gasteiger partial charge on any atom is 0.184 e. The van der Waals surface area contributed by atoms with Gasteiger partial charge in [0.25, 0.3) is 0 Å². The average molecular weight is 177 g/mol. The molecule has 0 N–H and O–H groups in total. The zero-order chi connectivity index (χ0) is 7.56. The summed E-state index contributed by atoms with van der Waals surface area (Å²) in [6.07, 6.45) is 0. The molecule has 56 valence electrons. The fourth-order valence-corrected chi connectivity index (χ4v) is 1.94. The van der Waals surface area contributed by atoms with Crippen LogP contribution >= 0.6 is 22.9 Å². The third-order valence-electron chi connectivity index (χ3n) is 1.35. The van der Waals surface area contributed by atoms with Crippen LogP contribution in [-0.2, 0) is 12.9 Å². The molecule has 0 unspecified atom stereocenters. The lowest BCUT2D eigenvalue weighted by atomic mass is 10.6. The Kier molecular flexibility index (Phi) is 2.51. The van der Waals surface area contributed by atoms with Gasteiger partial charge in [-0.3, -0.25) is 4.99 Å². The molecule has 0 amide bonds. The first-order valence-electron chi connectivity index (χ1n) is 2.91. The van der Waals surface area contributed by atoms with Crippen molar-refractivity contribution in [2.45, 2.75) is 5.88 Å². The normalized spacial score (nSPS) is 12.5. The van der Waals surface area contributed by atoms with Crippen molar-refractivity contribution >= 4 is 22.9 Å². The van der Waals surface area contributed by atoms with E-state index in [0.29, 0.717) is 5.88 Å². The quantitative estimate of drug-likeness (QED) is 0.575. The Labute approximate surface area is 68.8 Å². The molecule has 1 aromatic heterocycles. The van der Waals surface area contributed by atoms with Crippen LogP contribution in [0.25, 0.3) is 0 Å². The smallest absolute Gasteiger partial charge is 0.184 e. The molecule has 0 aliphatic rings. The topological polar surface area (TPSA) is 17.3 Å². The number of thiazole rings is 1. The first-order chi connectivity index (χ1) is 4.79. The lowest BCUT2D eigenvalue weighted by Crippen LogP contribution is -2.11. The molecule has 1 heterocycles. The van der Waals surface area contributed by atoms with Crippen molar-refractivity contribution in [2.75, 3.05) is 7.05 Å². The number of halogens is 1. The van der Waals surface area contributed by atoms with Crippen LogP contribution in [0.4, 0.5) is 0 Å². The van der Waals surface area contributed by atoms with E-state index in [1.807, 2.05) is 17.0 Å². The molecule has 1 rings (SSSR count). The highest BCUT2D eigenvalue weighted by Crippen LogP contribution is 2.02. The molecule has 0 fully saturated rings. The van der Waals surface area contributed by atoms with Gasteiger partial charge in [0.05, 0.1) is 5.88 Å². The summed E-state index contributed by atoms with van der Waals surface area (Å²) in [6, 6.07) is 0. The van der Waals surface area contributed by atoms with Gasteiger partial charge in [0.15, 0.2) is 4.80 Å². The monoisotopic (exact) mass is 176 g/mol. The highest BCUT2D eigenvalue weighted by Gasteiger charge is 1.96. The molecule has 1 aromatic rings. The lowest BCUT2D eigenvalue weighted by Gasteiger charge is -1.94. The van der Waals surface area contributed by atoms with Crippen LogP contribution in [0.2, 0.25) is 0 Å². The van der Waals surface area contributed by atoms with E-state index in [9.17, 15) is 0 Å². The third kappa shape index (κ3) is 1.25. The van der Waals surface area contributed by atoms with Crippen LogP contribution in [0.5, 0.6) is 0 Å². The number of hydrogen-bond donors (Lipinski definition) is 0. The number of rotatable bonds is 1. The van der Waals surface area contributed by atoms with Gasteiger partial charge in [0.2, 0.25) is 0 Å². The Hall–Kier alpha value is -0.280. The Morgan fingerprint density at radius 3 is 2.80 bits per heavy atom. The summed E-state index contributed by atoms with van der Waals surface area (Å²) in [7, 11) is 3.75. The minimum atomic E-state index is 0.558. The highest BCUT2D eigenvalue weighted by molar-refractivity contribution is 7.07. The standard InChI is InChI=1S/C6H9ClN2S/c1-8-6-9(2)5(3-7)4-10-6/h4H,3H2,1-2H3. The fraction of sp³-hybridized carbons (Fsp3) is 0.500. The van der Waals surface area contributed by atoms with Crippen molar-refractivity contribution < 1.29 is 0 Å². The Bertz CT molecular complexity index is 274. The van der Waals surface area contributed by atoms with E-state index in [0.717, 1.165) is 10.5 Å². The van der Waals surface area contributed by atoms with Crippen LogP contribution in [0.3, 0.4) is 0 Å². The summed E-state index contributed by atoms with van der Waals surface area (Å²) in [5.41, 5.74) is 1.12. The number of nitrogens with zero attached hydrogens (tertiary/aromatic N) is 2. The van der Waals surface area contributed by atoms with E-state index < -0.39 is 0 Å². The van der Waals surface area contributed by atoms with Crippen LogP contribution in [0, 0.1) is 0 Å². The molecule has 0 saturated carbocycles. The zero-order valence-electron chi connectivity index (χ0n) is 5.97.